The fourth-order valence-corrected chi connectivity index (χ4v) is 3.04. The van der Waals surface area contributed by atoms with Gasteiger partial charge in [0.1, 0.15) is 17.7 Å². The van der Waals surface area contributed by atoms with Gasteiger partial charge in [-0.2, -0.15) is 13.2 Å². The van der Waals surface area contributed by atoms with Crippen LogP contribution in [-0.4, -0.2) is 62.4 Å². The molecular weight excluding hydrogens is 448 g/mol. The maximum atomic E-state index is 13.5. The van der Waals surface area contributed by atoms with Gasteiger partial charge in [0.05, 0.1) is 43.3 Å². The molecule has 0 unspecified atom stereocenters. The number of pyridine rings is 1. The van der Waals surface area contributed by atoms with E-state index in [4.69, 9.17) is 4.74 Å². The molecule has 9 nitrogen and oxygen atoms in total. The highest BCUT2D eigenvalue weighted by atomic mass is 19.4. The van der Waals surface area contributed by atoms with Crippen molar-refractivity contribution in [3.63, 3.8) is 0 Å². The first kappa shape index (κ1) is 22.2. The van der Waals surface area contributed by atoms with Crippen LogP contribution in [0.15, 0.2) is 48.9 Å². The molecule has 1 aliphatic rings. The molecule has 0 aliphatic carbocycles. The summed E-state index contributed by atoms with van der Waals surface area (Å²) in [7, 11) is 0. The molecular formula is C20H16F4N6O3. The Morgan fingerprint density at radius 1 is 1.21 bits per heavy atom. The van der Waals surface area contributed by atoms with E-state index in [2.05, 4.69) is 20.6 Å². The number of ether oxygens (including phenoxy) is 1. The van der Waals surface area contributed by atoms with E-state index in [1.165, 1.54) is 22.0 Å². The molecule has 1 N–H and O–H groups in total. The van der Waals surface area contributed by atoms with Crippen molar-refractivity contribution >= 4 is 11.8 Å². The van der Waals surface area contributed by atoms with E-state index in [-0.39, 0.29) is 31.1 Å². The van der Waals surface area contributed by atoms with Crippen molar-refractivity contribution in [1.29, 1.82) is 0 Å². The average molecular weight is 464 g/mol. The lowest BCUT2D eigenvalue weighted by atomic mass is 10.1. The maximum absolute atomic E-state index is 13.5. The highest BCUT2D eigenvalue weighted by Gasteiger charge is 2.34. The number of hydrogen-bond donors (Lipinski definition) is 1. The van der Waals surface area contributed by atoms with Gasteiger partial charge in [-0.25, -0.2) is 9.07 Å². The number of nitrogens with one attached hydrogen (secondary N) is 1. The Hall–Kier alpha value is -4.03. The number of nitrogens with zero attached hydrogens (tertiary/aromatic N) is 5. The predicted octanol–water partition coefficient (Wildman–Crippen LogP) is 1.84. The molecule has 2 amide bonds. The molecule has 1 aromatic carbocycles. The van der Waals surface area contributed by atoms with Gasteiger partial charge in [-0.15, -0.1) is 5.10 Å². The Morgan fingerprint density at radius 3 is 2.70 bits per heavy atom. The van der Waals surface area contributed by atoms with Crippen LogP contribution < -0.4 is 10.1 Å². The average Bonchev–Trinajstić information content (AvgIpc) is 3.24. The van der Waals surface area contributed by atoms with E-state index in [1.54, 1.807) is 18.3 Å². The summed E-state index contributed by atoms with van der Waals surface area (Å²) in [6, 6.07) is 5.35. The van der Waals surface area contributed by atoms with Crippen LogP contribution in [0.3, 0.4) is 0 Å². The van der Waals surface area contributed by atoms with Crippen molar-refractivity contribution < 1.29 is 31.9 Å². The first-order chi connectivity index (χ1) is 15.7. The molecule has 1 fully saturated rings. The first-order valence-corrected chi connectivity index (χ1v) is 9.62. The Kier molecular flexibility index (Phi) is 5.94. The van der Waals surface area contributed by atoms with Crippen LogP contribution in [0.1, 0.15) is 16.1 Å². The van der Waals surface area contributed by atoms with Gasteiger partial charge in [0.25, 0.3) is 5.91 Å². The second-order valence-electron chi connectivity index (χ2n) is 7.15. The number of amides is 2. The molecule has 4 rings (SSSR count). The van der Waals surface area contributed by atoms with Gasteiger partial charge in [-0.1, -0.05) is 5.21 Å². The summed E-state index contributed by atoms with van der Waals surface area (Å²) >= 11 is 0. The normalized spacial score (nSPS) is 14.0. The van der Waals surface area contributed by atoms with Crippen molar-refractivity contribution in [3.8, 4) is 11.4 Å². The van der Waals surface area contributed by atoms with Crippen molar-refractivity contribution in [2.75, 3.05) is 19.6 Å². The summed E-state index contributed by atoms with van der Waals surface area (Å²) in [6.45, 7) is -0.142. The molecule has 3 aromatic rings. The standard InChI is InChI=1S/C20H16F4N6O3/c21-13-4-12(20(22,23)24)5-15(6-13)33-16-9-29(10-16)18(31)8-26-19(32)17-11-30(28-27-17)14-2-1-3-25-7-14/h1-7,11,16H,8-10H2,(H,26,32). The third-order valence-corrected chi connectivity index (χ3v) is 4.74. The van der Waals surface area contributed by atoms with Crippen LogP contribution in [0, 0.1) is 5.82 Å². The minimum atomic E-state index is -4.70. The summed E-state index contributed by atoms with van der Waals surface area (Å²) in [5, 5.41) is 10.0. The van der Waals surface area contributed by atoms with E-state index in [1.807, 2.05) is 0 Å². The number of aromatic nitrogens is 4. The van der Waals surface area contributed by atoms with Crippen molar-refractivity contribution in [2.45, 2.75) is 12.3 Å². The lowest BCUT2D eigenvalue weighted by Crippen LogP contribution is -2.58. The first-order valence-electron chi connectivity index (χ1n) is 9.62. The minimum Gasteiger partial charge on any atom is -0.487 e. The monoisotopic (exact) mass is 464 g/mol. The number of halogens is 4. The van der Waals surface area contributed by atoms with Gasteiger partial charge in [-0.05, 0) is 24.3 Å². The zero-order valence-corrected chi connectivity index (χ0v) is 16.8. The van der Waals surface area contributed by atoms with Gasteiger partial charge in [0, 0.05) is 12.3 Å². The summed E-state index contributed by atoms with van der Waals surface area (Å²) in [5.41, 5.74) is -0.552. The highest BCUT2D eigenvalue weighted by molar-refractivity contribution is 5.94. The zero-order valence-electron chi connectivity index (χ0n) is 16.8. The Balaban J connectivity index is 1.25. The van der Waals surface area contributed by atoms with E-state index >= 15 is 0 Å². The van der Waals surface area contributed by atoms with Gasteiger partial charge >= 0.3 is 6.18 Å². The number of benzene rings is 1. The molecule has 0 bridgehead atoms. The third-order valence-electron chi connectivity index (χ3n) is 4.74. The molecule has 1 saturated heterocycles. The fraction of sp³-hybridized carbons (Fsp3) is 0.250. The molecule has 2 aromatic heterocycles. The molecule has 0 saturated carbocycles. The molecule has 1 aliphatic heterocycles. The van der Waals surface area contributed by atoms with Crippen LogP contribution in [0.25, 0.3) is 5.69 Å². The zero-order chi connectivity index (χ0) is 23.6. The molecule has 0 radical (unpaired) electrons. The topological polar surface area (TPSA) is 102 Å². The predicted molar refractivity (Wildman–Crippen MR) is 104 cm³/mol. The van der Waals surface area contributed by atoms with Crippen LogP contribution in [0.5, 0.6) is 5.75 Å². The fourth-order valence-electron chi connectivity index (χ4n) is 3.04. The summed E-state index contributed by atoms with van der Waals surface area (Å²) in [5.74, 6) is -2.37. The number of rotatable bonds is 6. The molecule has 0 spiro atoms. The second kappa shape index (κ2) is 8.84. The molecule has 33 heavy (non-hydrogen) atoms. The molecule has 3 heterocycles. The number of alkyl halides is 3. The van der Waals surface area contributed by atoms with Crippen molar-refractivity contribution in [1.82, 2.24) is 30.2 Å². The summed E-state index contributed by atoms with van der Waals surface area (Å²) in [6.07, 6.45) is -0.784. The lowest BCUT2D eigenvalue weighted by Gasteiger charge is -2.39. The quantitative estimate of drug-likeness (QED) is 0.559. The largest absolute Gasteiger partial charge is 0.487 e. The smallest absolute Gasteiger partial charge is 0.416 e. The summed E-state index contributed by atoms with van der Waals surface area (Å²) in [4.78, 5) is 29.7. The van der Waals surface area contributed by atoms with E-state index in [0.29, 0.717) is 17.8 Å². The summed E-state index contributed by atoms with van der Waals surface area (Å²) < 4.78 is 58.5. The van der Waals surface area contributed by atoms with Gasteiger partial charge in [0.15, 0.2) is 5.69 Å². The molecule has 172 valence electrons. The number of hydrogen-bond acceptors (Lipinski definition) is 6. The van der Waals surface area contributed by atoms with Crippen LogP contribution in [0.4, 0.5) is 17.6 Å². The molecule has 13 heteroatoms. The highest BCUT2D eigenvalue weighted by Crippen LogP contribution is 2.33. The number of carbonyl (C=O) groups excluding carboxylic acids is 2. The Labute approximate surface area is 184 Å². The van der Waals surface area contributed by atoms with Crippen LogP contribution in [0.2, 0.25) is 0 Å². The van der Waals surface area contributed by atoms with E-state index in [9.17, 15) is 27.2 Å². The maximum Gasteiger partial charge on any atom is 0.416 e. The van der Waals surface area contributed by atoms with E-state index < -0.39 is 35.5 Å². The van der Waals surface area contributed by atoms with E-state index in [0.717, 1.165) is 6.07 Å². The Morgan fingerprint density at radius 2 is 2.00 bits per heavy atom. The second-order valence-corrected chi connectivity index (χ2v) is 7.15. The van der Waals surface area contributed by atoms with Crippen molar-refractivity contribution in [2.24, 2.45) is 0 Å². The van der Waals surface area contributed by atoms with Gasteiger partial charge < -0.3 is 15.0 Å². The number of carbonyl (C=O) groups is 2. The lowest BCUT2D eigenvalue weighted by molar-refractivity contribution is -0.139. The molecule has 0 atom stereocenters. The van der Waals surface area contributed by atoms with Gasteiger partial charge in [-0.3, -0.25) is 14.6 Å². The van der Waals surface area contributed by atoms with Crippen LogP contribution >= 0.6 is 0 Å². The third kappa shape index (κ3) is 5.25. The van der Waals surface area contributed by atoms with Crippen molar-refractivity contribution in [3.05, 3.63) is 66.0 Å². The van der Waals surface area contributed by atoms with Gasteiger partial charge in [0.2, 0.25) is 5.91 Å². The minimum absolute atomic E-state index is 0.00282. The number of likely N-dealkylation sites (tertiary alicyclic amines) is 1. The van der Waals surface area contributed by atoms with Crippen LogP contribution in [-0.2, 0) is 11.0 Å². The Bertz CT molecular complexity index is 1160. The SMILES string of the molecule is O=C(NCC(=O)N1CC(Oc2cc(F)cc(C(F)(F)F)c2)C1)c1cn(-c2cccnc2)nn1.